The Morgan fingerprint density at radius 1 is 1.25 bits per heavy atom. The van der Waals surface area contributed by atoms with E-state index in [4.69, 9.17) is 5.26 Å². The number of rotatable bonds is 4. The molecule has 0 saturated carbocycles. The molecule has 2 aromatic carbocycles. The minimum atomic E-state index is -0.980. The van der Waals surface area contributed by atoms with Crippen molar-refractivity contribution in [2.75, 3.05) is 13.1 Å². The van der Waals surface area contributed by atoms with Crippen LogP contribution >= 0.6 is 0 Å². The van der Waals surface area contributed by atoms with E-state index < -0.39 is 12.0 Å². The van der Waals surface area contributed by atoms with Gasteiger partial charge >= 0.3 is 12.0 Å². The summed E-state index contributed by atoms with van der Waals surface area (Å²) in [5.41, 5.74) is 0.779. The van der Waals surface area contributed by atoms with E-state index in [1.807, 2.05) is 42.5 Å². The number of nitriles is 1. The molecule has 1 fully saturated rings. The second-order valence-corrected chi connectivity index (χ2v) is 5.90. The summed E-state index contributed by atoms with van der Waals surface area (Å²) >= 11 is 0. The number of nitrogens with zero attached hydrogens (tertiary/aromatic N) is 2. The molecule has 0 bridgehead atoms. The van der Waals surface area contributed by atoms with Crippen LogP contribution in [0.3, 0.4) is 0 Å². The Hall–Kier alpha value is -3.07. The van der Waals surface area contributed by atoms with Gasteiger partial charge in [0.05, 0.1) is 24.4 Å². The van der Waals surface area contributed by atoms with Crippen LogP contribution in [0.15, 0.2) is 42.5 Å². The van der Waals surface area contributed by atoms with Crippen LogP contribution < -0.4 is 5.32 Å². The number of carbonyl (C=O) groups is 2. The van der Waals surface area contributed by atoms with Gasteiger partial charge in [-0.15, -0.1) is 0 Å². The van der Waals surface area contributed by atoms with Crippen LogP contribution in [0.1, 0.15) is 18.0 Å². The maximum absolute atomic E-state index is 12.3. The van der Waals surface area contributed by atoms with Crippen molar-refractivity contribution in [3.05, 3.63) is 48.0 Å². The van der Waals surface area contributed by atoms with Crippen LogP contribution in [-0.4, -0.2) is 35.1 Å². The molecular weight excluding hydrogens is 306 g/mol. The van der Waals surface area contributed by atoms with E-state index in [1.54, 1.807) is 0 Å². The van der Waals surface area contributed by atoms with Crippen molar-refractivity contribution in [3.63, 3.8) is 0 Å². The molecule has 1 atom stereocenters. The molecular formula is C18H17N3O3. The second-order valence-electron chi connectivity index (χ2n) is 5.90. The van der Waals surface area contributed by atoms with E-state index in [1.165, 1.54) is 4.90 Å². The Morgan fingerprint density at radius 2 is 1.96 bits per heavy atom. The third-order valence-corrected chi connectivity index (χ3v) is 4.23. The molecule has 0 aliphatic carbocycles. The van der Waals surface area contributed by atoms with Crippen molar-refractivity contribution in [1.29, 1.82) is 5.26 Å². The van der Waals surface area contributed by atoms with E-state index in [0.717, 1.165) is 16.3 Å². The van der Waals surface area contributed by atoms with Gasteiger partial charge in [0, 0.05) is 13.1 Å². The van der Waals surface area contributed by atoms with Gasteiger partial charge in [-0.05, 0) is 16.3 Å². The van der Waals surface area contributed by atoms with Gasteiger partial charge in [0.25, 0.3) is 0 Å². The maximum Gasteiger partial charge on any atom is 0.317 e. The zero-order valence-electron chi connectivity index (χ0n) is 13.0. The molecule has 0 unspecified atom stereocenters. The first-order valence-electron chi connectivity index (χ1n) is 7.73. The molecule has 2 aromatic rings. The molecule has 6 heteroatoms. The molecule has 1 aliphatic heterocycles. The third kappa shape index (κ3) is 3.15. The fraction of sp³-hybridized carbons (Fsp3) is 0.278. The Bertz CT molecular complexity index is 816. The van der Waals surface area contributed by atoms with Gasteiger partial charge in [0.1, 0.15) is 0 Å². The molecule has 1 heterocycles. The highest BCUT2D eigenvalue weighted by Crippen LogP contribution is 2.27. The topological polar surface area (TPSA) is 93.4 Å². The summed E-state index contributed by atoms with van der Waals surface area (Å²) < 4.78 is 0. The largest absolute Gasteiger partial charge is 0.481 e. The molecule has 2 N–H and O–H groups in total. The predicted molar refractivity (Wildman–Crippen MR) is 88.1 cm³/mol. The molecule has 0 aromatic heterocycles. The highest BCUT2D eigenvalue weighted by Gasteiger charge is 2.32. The fourth-order valence-electron chi connectivity index (χ4n) is 2.93. The summed E-state index contributed by atoms with van der Waals surface area (Å²) in [7, 11) is 0. The summed E-state index contributed by atoms with van der Waals surface area (Å²) in [6, 6.07) is 14.5. The number of carbonyl (C=O) groups excluding carboxylic acids is 1. The van der Waals surface area contributed by atoms with Gasteiger partial charge < -0.3 is 15.3 Å². The van der Waals surface area contributed by atoms with Crippen LogP contribution in [0, 0.1) is 17.2 Å². The molecule has 1 aliphatic rings. The summed E-state index contributed by atoms with van der Waals surface area (Å²) in [4.78, 5) is 25.1. The lowest BCUT2D eigenvalue weighted by Gasteiger charge is -2.36. The quantitative estimate of drug-likeness (QED) is 0.904. The first-order chi connectivity index (χ1) is 11.6. The number of carboxylic acids is 1. The predicted octanol–water partition coefficient (Wildman–Crippen LogP) is 2.52. The number of urea groups is 1. The van der Waals surface area contributed by atoms with E-state index in [9.17, 15) is 14.7 Å². The number of benzene rings is 2. The number of likely N-dealkylation sites (tertiary alicyclic amines) is 1. The zero-order valence-corrected chi connectivity index (χ0v) is 13.0. The summed E-state index contributed by atoms with van der Waals surface area (Å²) in [6.45, 7) is 0.773. The lowest BCUT2D eigenvalue weighted by molar-refractivity contribution is -0.137. The molecule has 2 amide bonds. The van der Waals surface area contributed by atoms with Crippen LogP contribution in [0.4, 0.5) is 4.79 Å². The van der Waals surface area contributed by atoms with Crippen LogP contribution in [-0.2, 0) is 4.79 Å². The van der Waals surface area contributed by atoms with Crippen molar-refractivity contribution in [1.82, 2.24) is 10.2 Å². The number of amides is 2. The number of hydrogen-bond donors (Lipinski definition) is 2. The van der Waals surface area contributed by atoms with Gasteiger partial charge in [0.2, 0.25) is 0 Å². The standard InChI is InChI=1S/C18H17N3O3/c19-9-12-10-21(11-12)18(24)20-16(8-17(22)23)15-7-3-5-13-4-1-2-6-14(13)15/h1-7,12,16H,8,10-11H2,(H,20,24)(H,22,23)/t16-/m1/s1. The summed E-state index contributed by atoms with van der Waals surface area (Å²) in [6.07, 6.45) is -0.199. The first-order valence-corrected chi connectivity index (χ1v) is 7.73. The number of fused-ring (bicyclic) bond motifs is 1. The number of aliphatic carboxylic acids is 1. The zero-order chi connectivity index (χ0) is 17.1. The van der Waals surface area contributed by atoms with Gasteiger partial charge in [-0.3, -0.25) is 4.79 Å². The van der Waals surface area contributed by atoms with Crippen LogP contribution in [0.25, 0.3) is 10.8 Å². The summed E-state index contributed by atoms with van der Waals surface area (Å²) in [5, 5.41) is 22.7. The van der Waals surface area contributed by atoms with Crippen molar-refractivity contribution in [3.8, 4) is 6.07 Å². The lowest BCUT2D eigenvalue weighted by Crippen LogP contribution is -2.54. The number of hydrogen-bond acceptors (Lipinski definition) is 3. The third-order valence-electron chi connectivity index (χ3n) is 4.23. The molecule has 6 nitrogen and oxygen atoms in total. The fourth-order valence-corrected chi connectivity index (χ4v) is 2.93. The summed E-state index contributed by atoms with van der Waals surface area (Å²) in [5.74, 6) is -1.11. The van der Waals surface area contributed by atoms with Crippen LogP contribution in [0.2, 0.25) is 0 Å². The average Bonchev–Trinajstić information content (AvgIpc) is 2.52. The lowest BCUT2D eigenvalue weighted by atomic mass is 9.96. The van der Waals surface area contributed by atoms with E-state index in [0.29, 0.717) is 13.1 Å². The smallest absolute Gasteiger partial charge is 0.317 e. The molecule has 0 spiro atoms. The van der Waals surface area contributed by atoms with Gasteiger partial charge in [-0.2, -0.15) is 5.26 Å². The second kappa shape index (κ2) is 6.59. The SMILES string of the molecule is N#CC1CN(C(=O)N[C@H](CC(=O)O)c2cccc3ccccc23)C1. The maximum atomic E-state index is 12.3. The van der Waals surface area contributed by atoms with Gasteiger partial charge in [-0.25, -0.2) is 4.79 Å². The van der Waals surface area contributed by atoms with Crippen molar-refractivity contribution < 1.29 is 14.7 Å². The Labute approximate surface area is 139 Å². The monoisotopic (exact) mass is 323 g/mol. The van der Waals surface area contributed by atoms with Crippen LogP contribution in [0.5, 0.6) is 0 Å². The highest BCUT2D eigenvalue weighted by atomic mass is 16.4. The molecule has 3 rings (SSSR count). The molecule has 122 valence electrons. The molecule has 1 saturated heterocycles. The average molecular weight is 323 g/mol. The first kappa shape index (κ1) is 15.8. The Kier molecular flexibility index (Phi) is 4.34. The molecule has 0 radical (unpaired) electrons. The van der Waals surface area contributed by atoms with E-state index in [-0.39, 0.29) is 18.4 Å². The number of carboxylic acid groups (broad SMARTS) is 1. The van der Waals surface area contributed by atoms with Crippen molar-refractivity contribution in [2.45, 2.75) is 12.5 Å². The van der Waals surface area contributed by atoms with E-state index >= 15 is 0 Å². The normalized spacial score (nSPS) is 15.4. The number of nitrogens with one attached hydrogen (secondary N) is 1. The minimum Gasteiger partial charge on any atom is -0.481 e. The highest BCUT2D eigenvalue weighted by molar-refractivity contribution is 5.87. The van der Waals surface area contributed by atoms with E-state index in [2.05, 4.69) is 11.4 Å². The Morgan fingerprint density at radius 3 is 2.67 bits per heavy atom. The van der Waals surface area contributed by atoms with Crippen molar-refractivity contribution >= 4 is 22.8 Å². The van der Waals surface area contributed by atoms with Crippen molar-refractivity contribution in [2.24, 2.45) is 5.92 Å². The van der Waals surface area contributed by atoms with Gasteiger partial charge in [-0.1, -0.05) is 42.5 Å². The molecule has 24 heavy (non-hydrogen) atoms. The van der Waals surface area contributed by atoms with Gasteiger partial charge in [0.15, 0.2) is 0 Å². The Balaban J connectivity index is 1.85. The minimum absolute atomic E-state index is 0.133.